The second-order valence-electron chi connectivity index (χ2n) is 5.20. The molecule has 98 valence electrons. The van der Waals surface area contributed by atoms with Crippen LogP contribution in [0.3, 0.4) is 0 Å². The zero-order valence-electron chi connectivity index (χ0n) is 11.1. The molecule has 0 saturated heterocycles. The lowest BCUT2D eigenvalue weighted by molar-refractivity contribution is 0.579. The van der Waals surface area contributed by atoms with E-state index in [9.17, 15) is 4.21 Å². The molecule has 0 bridgehead atoms. The molecule has 1 atom stereocenters. The van der Waals surface area contributed by atoms with Gasteiger partial charge >= 0.3 is 0 Å². The normalized spacial score (nSPS) is 13.9. The summed E-state index contributed by atoms with van der Waals surface area (Å²) in [4.78, 5) is 4.61. The third-order valence-electron chi connectivity index (χ3n) is 2.28. The lowest BCUT2D eigenvalue weighted by Gasteiger charge is -2.13. The zero-order chi connectivity index (χ0) is 12.9. The maximum Gasteiger partial charge on any atom is 0.0982 e. The molecule has 0 aliphatic rings. The molecule has 0 spiro atoms. The summed E-state index contributed by atoms with van der Waals surface area (Å²) in [5.74, 6) is 0.775. The molecule has 0 aliphatic heterocycles. The molecule has 1 aromatic heterocycles. The van der Waals surface area contributed by atoms with Crippen LogP contribution in [0.5, 0.6) is 0 Å². The van der Waals surface area contributed by atoms with Crippen molar-refractivity contribution in [3.05, 3.63) is 16.1 Å². The van der Waals surface area contributed by atoms with Crippen LogP contribution in [-0.4, -0.2) is 27.7 Å². The first-order valence-corrected chi connectivity index (χ1v) is 8.46. The first-order chi connectivity index (χ1) is 7.89. The average Bonchev–Trinajstić information content (AvgIpc) is 2.64. The molecule has 1 rings (SSSR count). The molecule has 17 heavy (non-hydrogen) atoms. The fourth-order valence-corrected chi connectivity index (χ4v) is 2.81. The van der Waals surface area contributed by atoms with Crippen LogP contribution < -0.4 is 5.32 Å². The minimum Gasteiger partial charge on any atom is -0.311 e. The summed E-state index contributed by atoms with van der Waals surface area (Å²) in [6.07, 6.45) is 2.70. The van der Waals surface area contributed by atoms with E-state index in [0.29, 0.717) is 0 Å². The monoisotopic (exact) mass is 274 g/mol. The fourth-order valence-electron chi connectivity index (χ4n) is 1.35. The largest absolute Gasteiger partial charge is 0.311 e. The quantitative estimate of drug-likeness (QED) is 0.809. The molecular formula is C12H22N2OS2. The maximum absolute atomic E-state index is 10.9. The zero-order valence-corrected chi connectivity index (χ0v) is 12.7. The van der Waals surface area contributed by atoms with Gasteiger partial charge in [0.25, 0.3) is 0 Å². The molecule has 1 aromatic rings. The topological polar surface area (TPSA) is 42.0 Å². The average molecular weight is 274 g/mol. The number of thiazole rings is 1. The summed E-state index contributed by atoms with van der Waals surface area (Å²) in [5, 5.41) is 6.63. The maximum atomic E-state index is 10.9. The smallest absolute Gasteiger partial charge is 0.0982 e. The molecule has 0 fully saturated rings. The molecule has 1 heterocycles. The van der Waals surface area contributed by atoms with Crippen LogP contribution in [0, 0.1) is 0 Å². The third kappa shape index (κ3) is 5.75. The number of hydrogen-bond acceptors (Lipinski definition) is 4. The highest BCUT2D eigenvalue weighted by Crippen LogP contribution is 2.25. The molecule has 5 heteroatoms. The fraction of sp³-hybridized carbons (Fsp3) is 0.750. The van der Waals surface area contributed by atoms with Gasteiger partial charge in [-0.2, -0.15) is 0 Å². The Hall–Kier alpha value is -0.260. The van der Waals surface area contributed by atoms with E-state index in [1.807, 2.05) is 0 Å². The van der Waals surface area contributed by atoms with E-state index in [2.05, 4.69) is 36.5 Å². The lowest BCUT2D eigenvalue weighted by Crippen LogP contribution is -2.17. The SMILES string of the molecule is CS(=O)CCCNCc1csc(C(C)(C)C)n1. The molecular weight excluding hydrogens is 252 g/mol. The Kier molecular flexibility index (Phi) is 5.76. The minimum atomic E-state index is -0.675. The van der Waals surface area contributed by atoms with Gasteiger partial charge in [-0.3, -0.25) is 4.21 Å². The van der Waals surface area contributed by atoms with Gasteiger partial charge in [0, 0.05) is 40.1 Å². The van der Waals surface area contributed by atoms with E-state index in [0.717, 1.165) is 31.0 Å². The second-order valence-corrected chi connectivity index (χ2v) is 7.61. The Balaban J connectivity index is 2.28. The van der Waals surface area contributed by atoms with Crippen molar-refractivity contribution in [3.63, 3.8) is 0 Å². The van der Waals surface area contributed by atoms with Gasteiger partial charge in [0.2, 0.25) is 0 Å². The summed E-state index contributed by atoms with van der Waals surface area (Å²) in [7, 11) is -0.675. The Bertz CT molecular complexity index is 369. The van der Waals surface area contributed by atoms with Gasteiger partial charge in [0.05, 0.1) is 10.7 Å². The molecule has 0 aromatic carbocycles. The standard InChI is InChI=1S/C12H22N2OS2/c1-12(2,3)11-14-10(9-16-11)8-13-6-5-7-17(4)15/h9,13H,5-8H2,1-4H3. The lowest BCUT2D eigenvalue weighted by atomic mass is 9.98. The van der Waals surface area contributed by atoms with Crippen molar-refractivity contribution in [3.8, 4) is 0 Å². The van der Waals surface area contributed by atoms with Crippen LogP contribution in [-0.2, 0) is 22.8 Å². The second kappa shape index (κ2) is 6.61. The van der Waals surface area contributed by atoms with Crippen molar-refractivity contribution >= 4 is 22.1 Å². The van der Waals surface area contributed by atoms with E-state index in [1.54, 1.807) is 17.6 Å². The Morgan fingerprint density at radius 3 is 2.71 bits per heavy atom. The highest BCUT2D eigenvalue weighted by Gasteiger charge is 2.17. The van der Waals surface area contributed by atoms with Crippen molar-refractivity contribution in [2.75, 3.05) is 18.6 Å². The van der Waals surface area contributed by atoms with Crippen LogP contribution in [0.2, 0.25) is 0 Å². The van der Waals surface area contributed by atoms with Crippen molar-refractivity contribution in [1.82, 2.24) is 10.3 Å². The number of hydrogen-bond donors (Lipinski definition) is 1. The Morgan fingerprint density at radius 1 is 1.47 bits per heavy atom. The van der Waals surface area contributed by atoms with Crippen molar-refractivity contribution in [1.29, 1.82) is 0 Å². The van der Waals surface area contributed by atoms with E-state index >= 15 is 0 Å². The van der Waals surface area contributed by atoms with E-state index < -0.39 is 10.8 Å². The van der Waals surface area contributed by atoms with Crippen LogP contribution in [0.1, 0.15) is 37.9 Å². The summed E-state index contributed by atoms with van der Waals surface area (Å²) in [6, 6.07) is 0. The van der Waals surface area contributed by atoms with Crippen LogP contribution >= 0.6 is 11.3 Å². The Labute approximate surface area is 111 Å². The van der Waals surface area contributed by atoms with Gasteiger partial charge in [-0.15, -0.1) is 11.3 Å². The minimum absolute atomic E-state index is 0.141. The van der Waals surface area contributed by atoms with E-state index in [1.165, 1.54) is 5.01 Å². The molecule has 3 nitrogen and oxygen atoms in total. The number of nitrogens with zero attached hydrogens (tertiary/aromatic N) is 1. The molecule has 0 radical (unpaired) electrons. The number of rotatable bonds is 6. The summed E-state index contributed by atoms with van der Waals surface area (Å²) >= 11 is 1.73. The first kappa shape index (κ1) is 14.8. The van der Waals surface area contributed by atoms with Gasteiger partial charge in [0.15, 0.2) is 0 Å². The van der Waals surface area contributed by atoms with E-state index in [-0.39, 0.29) is 5.41 Å². The van der Waals surface area contributed by atoms with Gasteiger partial charge in [-0.1, -0.05) is 20.8 Å². The summed E-state index contributed by atoms with van der Waals surface area (Å²) in [5.41, 5.74) is 1.25. The van der Waals surface area contributed by atoms with Crippen molar-refractivity contribution < 1.29 is 4.21 Å². The number of nitrogens with one attached hydrogen (secondary N) is 1. The predicted octanol–water partition coefficient (Wildman–Crippen LogP) is 2.30. The van der Waals surface area contributed by atoms with Crippen molar-refractivity contribution in [2.24, 2.45) is 0 Å². The van der Waals surface area contributed by atoms with Crippen LogP contribution in [0.25, 0.3) is 0 Å². The highest BCUT2D eigenvalue weighted by atomic mass is 32.2. The molecule has 0 amide bonds. The van der Waals surface area contributed by atoms with Crippen LogP contribution in [0.15, 0.2) is 5.38 Å². The van der Waals surface area contributed by atoms with Crippen molar-refractivity contribution in [2.45, 2.75) is 39.2 Å². The van der Waals surface area contributed by atoms with Gasteiger partial charge in [-0.05, 0) is 13.0 Å². The van der Waals surface area contributed by atoms with Gasteiger partial charge < -0.3 is 5.32 Å². The highest BCUT2D eigenvalue weighted by molar-refractivity contribution is 7.84. The summed E-state index contributed by atoms with van der Waals surface area (Å²) < 4.78 is 10.9. The van der Waals surface area contributed by atoms with Gasteiger partial charge in [-0.25, -0.2) is 4.98 Å². The molecule has 1 unspecified atom stereocenters. The number of aromatic nitrogens is 1. The summed E-state index contributed by atoms with van der Waals surface area (Å²) in [6.45, 7) is 8.25. The molecule has 0 aliphatic carbocycles. The third-order valence-corrected chi connectivity index (χ3v) is 4.47. The predicted molar refractivity (Wildman–Crippen MR) is 76.1 cm³/mol. The van der Waals surface area contributed by atoms with Gasteiger partial charge in [0.1, 0.15) is 0 Å². The Morgan fingerprint density at radius 2 is 2.18 bits per heavy atom. The van der Waals surface area contributed by atoms with Crippen LogP contribution in [0.4, 0.5) is 0 Å². The molecule has 0 saturated carbocycles. The van der Waals surface area contributed by atoms with E-state index in [4.69, 9.17) is 0 Å². The first-order valence-electron chi connectivity index (χ1n) is 5.85. The molecule has 1 N–H and O–H groups in total.